The molecule has 0 fully saturated rings. The first-order valence-electron chi connectivity index (χ1n) is 7.82. The highest BCUT2D eigenvalue weighted by molar-refractivity contribution is 6.38. The zero-order chi connectivity index (χ0) is 22.8. The molecule has 6 nitrogen and oxygen atoms in total. The van der Waals surface area contributed by atoms with E-state index < -0.39 is 29.8 Å². The average molecular weight is 468 g/mol. The Kier molecular flexibility index (Phi) is 6.95. The lowest BCUT2D eigenvalue weighted by Gasteiger charge is -2.14. The summed E-state index contributed by atoms with van der Waals surface area (Å²) in [7, 11) is 3.19. The van der Waals surface area contributed by atoms with Gasteiger partial charge in [-0.05, 0) is 0 Å². The zero-order valence-electron chi connectivity index (χ0n) is 15.3. The van der Waals surface area contributed by atoms with Crippen LogP contribution >= 0.6 is 23.2 Å². The van der Waals surface area contributed by atoms with Crippen molar-refractivity contribution in [2.75, 3.05) is 14.1 Å². The molecule has 0 atom stereocenters. The molecule has 0 saturated heterocycles. The van der Waals surface area contributed by atoms with Crippen LogP contribution in [-0.4, -0.2) is 47.9 Å². The third kappa shape index (κ3) is 5.20. The van der Waals surface area contributed by atoms with Gasteiger partial charge < -0.3 is 9.64 Å². The van der Waals surface area contributed by atoms with Crippen molar-refractivity contribution < 1.29 is 26.7 Å². The van der Waals surface area contributed by atoms with Crippen LogP contribution in [0.2, 0.25) is 10.0 Å². The molecular weight excluding hydrogens is 456 g/mol. The van der Waals surface area contributed by atoms with Crippen LogP contribution in [0.1, 0.15) is 11.3 Å². The summed E-state index contributed by atoms with van der Waals surface area (Å²) in [4.78, 5) is 5.52. The lowest BCUT2D eigenvalue weighted by molar-refractivity contribution is -0.274. The number of allylic oxidation sites excluding steroid dienone is 1. The molecule has 2 aromatic rings. The van der Waals surface area contributed by atoms with E-state index >= 15 is 0 Å². The van der Waals surface area contributed by atoms with Crippen molar-refractivity contribution in [3.8, 4) is 17.5 Å². The van der Waals surface area contributed by atoms with Crippen LogP contribution in [0.3, 0.4) is 0 Å². The Bertz CT molecular complexity index is 1020. The Morgan fingerprint density at radius 3 is 2.33 bits per heavy atom. The molecule has 13 heteroatoms. The molecule has 0 aliphatic carbocycles. The third-order valence-corrected chi connectivity index (χ3v) is 3.97. The van der Waals surface area contributed by atoms with Crippen molar-refractivity contribution in [1.82, 2.24) is 14.7 Å². The minimum atomic E-state index is -4.99. The largest absolute Gasteiger partial charge is 0.573 e. The first-order chi connectivity index (χ1) is 13.9. The fraction of sp³-hybridized carbons (Fsp3) is 0.235. The van der Waals surface area contributed by atoms with E-state index in [2.05, 4.69) is 21.4 Å². The molecular formula is C17H12Cl2F5N5O. The normalized spacial score (nSPS) is 11.8. The Labute approximate surface area is 177 Å². The minimum absolute atomic E-state index is 0.191. The number of ether oxygens (including phenoxy) is 1. The maximum absolute atomic E-state index is 13.3. The standard InChI is InChI=1S/C17H12Cl2F5N5O/c1-8(15(20)21)13-12(6-25)27-29(16(13)26-7-28(2)3)14-10(18)4-9(5-11(14)19)30-17(22,23)24/h4-5,7,15H,1H2,2-3H3. The van der Waals surface area contributed by atoms with Gasteiger partial charge in [-0.3, -0.25) is 0 Å². The second kappa shape index (κ2) is 8.89. The van der Waals surface area contributed by atoms with Crippen molar-refractivity contribution in [3.05, 3.63) is 40.0 Å². The molecule has 0 saturated carbocycles. The van der Waals surface area contributed by atoms with Crippen LogP contribution in [-0.2, 0) is 0 Å². The first-order valence-corrected chi connectivity index (χ1v) is 8.57. The number of aliphatic imine (C=N–C) groups is 1. The van der Waals surface area contributed by atoms with E-state index in [-0.39, 0.29) is 27.1 Å². The topological polar surface area (TPSA) is 66.4 Å². The van der Waals surface area contributed by atoms with Gasteiger partial charge in [-0.1, -0.05) is 29.8 Å². The SMILES string of the molecule is C=C(c1c(C#N)nn(-c2c(Cl)cc(OC(F)(F)F)cc2Cl)c1N=CN(C)C)C(F)F. The Morgan fingerprint density at radius 2 is 1.90 bits per heavy atom. The molecule has 1 aromatic heterocycles. The van der Waals surface area contributed by atoms with E-state index in [4.69, 9.17) is 23.2 Å². The van der Waals surface area contributed by atoms with Gasteiger partial charge in [0.05, 0.1) is 21.9 Å². The number of hydrogen-bond donors (Lipinski definition) is 0. The van der Waals surface area contributed by atoms with Gasteiger partial charge in [0.1, 0.15) is 17.5 Å². The highest BCUT2D eigenvalue weighted by Crippen LogP contribution is 2.40. The van der Waals surface area contributed by atoms with E-state index in [0.29, 0.717) is 0 Å². The molecule has 0 amide bonds. The van der Waals surface area contributed by atoms with Crippen molar-refractivity contribution in [3.63, 3.8) is 0 Å². The van der Waals surface area contributed by atoms with Crippen LogP contribution in [0.15, 0.2) is 23.7 Å². The van der Waals surface area contributed by atoms with Gasteiger partial charge in [-0.25, -0.2) is 18.5 Å². The fourth-order valence-electron chi connectivity index (χ4n) is 2.27. The Morgan fingerprint density at radius 1 is 1.33 bits per heavy atom. The number of halogens is 7. The second-order valence-corrected chi connectivity index (χ2v) is 6.70. The van der Waals surface area contributed by atoms with E-state index in [1.165, 1.54) is 11.2 Å². The number of rotatable bonds is 6. The lowest BCUT2D eigenvalue weighted by Crippen LogP contribution is -2.17. The van der Waals surface area contributed by atoms with Crippen molar-refractivity contribution in [2.45, 2.75) is 12.8 Å². The van der Waals surface area contributed by atoms with Crippen LogP contribution in [0.25, 0.3) is 11.3 Å². The van der Waals surface area contributed by atoms with Crippen LogP contribution < -0.4 is 4.74 Å². The zero-order valence-corrected chi connectivity index (χ0v) is 16.8. The van der Waals surface area contributed by atoms with Crippen LogP contribution in [0, 0.1) is 11.3 Å². The molecule has 1 aromatic carbocycles. The van der Waals surface area contributed by atoms with Crippen LogP contribution in [0.5, 0.6) is 5.75 Å². The number of nitriles is 1. The molecule has 0 bridgehead atoms. The number of hydrogen-bond acceptors (Lipinski definition) is 4. The summed E-state index contributed by atoms with van der Waals surface area (Å²) >= 11 is 12.1. The number of aromatic nitrogens is 2. The predicted octanol–water partition coefficient (Wildman–Crippen LogP) is 5.45. The predicted molar refractivity (Wildman–Crippen MR) is 102 cm³/mol. The summed E-state index contributed by atoms with van der Waals surface area (Å²) in [6, 6.07) is 3.28. The monoisotopic (exact) mass is 467 g/mol. The molecule has 0 spiro atoms. The average Bonchev–Trinajstić information content (AvgIpc) is 2.95. The maximum atomic E-state index is 13.3. The van der Waals surface area contributed by atoms with Gasteiger partial charge in [0.15, 0.2) is 11.5 Å². The third-order valence-electron chi connectivity index (χ3n) is 3.40. The molecule has 2 rings (SSSR count). The molecule has 160 valence electrons. The number of nitrogens with zero attached hydrogens (tertiary/aromatic N) is 5. The molecule has 0 aliphatic rings. The summed E-state index contributed by atoms with van der Waals surface area (Å²) in [5.74, 6) is -0.969. The van der Waals surface area contributed by atoms with Crippen molar-refractivity contribution >= 4 is 40.9 Å². The minimum Gasteiger partial charge on any atom is -0.406 e. The summed E-state index contributed by atoms with van der Waals surface area (Å²) in [6.07, 6.45) is -6.78. The molecule has 30 heavy (non-hydrogen) atoms. The highest BCUT2D eigenvalue weighted by Gasteiger charge is 2.32. The van der Waals surface area contributed by atoms with E-state index in [0.717, 1.165) is 16.8 Å². The van der Waals surface area contributed by atoms with Gasteiger partial charge in [0.2, 0.25) is 0 Å². The molecule has 0 aliphatic heterocycles. The van der Waals surface area contributed by atoms with Crippen LogP contribution in [0.4, 0.5) is 27.8 Å². The fourth-order valence-corrected chi connectivity index (χ4v) is 2.90. The number of benzene rings is 1. The molecule has 0 N–H and O–H groups in total. The van der Waals surface area contributed by atoms with E-state index in [1.54, 1.807) is 20.2 Å². The Balaban J connectivity index is 2.78. The summed E-state index contributed by atoms with van der Waals surface area (Å²) < 4.78 is 68.7. The molecule has 0 radical (unpaired) electrons. The maximum Gasteiger partial charge on any atom is 0.573 e. The summed E-state index contributed by atoms with van der Waals surface area (Å²) in [6.45, 7) is 3.27. The summed E-state index contributed by atoms with van der Waals surface area (Å²) in [5.41, 5.74) is -1.72. The first kappa shape index (κ1) is 23.4. The lowest BCUT2D eigenvalue weighted by atomic mass is 10.1. The van der Waals surface area contributed by atoms with Gasteiger partial charge in [0.25, 0.3) is 6.43 Å². The number of alkyl halides is 5. The molecule has 0 unspecified atom stereocenters. The second-order valence-electron chi connectivity index (χ2n) is 5.89. The smallest absolute Gasteiger partial charge is 0.406 e. The molecule has 1 heterocycles. The Hall–Kier alpha value is -2.84. The van der Waals surface area contributed by atoms with Gasteiger partial charge in [0, 0.05) is 31.8 Å². The highest BCUT2D eigenvalue weighted by atomic mass is 35.5. The van der Waals surface area contributed by atoms with Crippen molar-refractivity contribution in [2.24, 2.45) is 4.99 Å². The van der Waals surface area contributed by atoms with Gasteiger partial charge >= 0.3 is 6.36 Å². The summed E-state index contributed by atoms with van der Waals surface area (Å²) in [5, 5.41) is 12.5. The van der Waals surface area contributed by atoms with E-state index in [9.17, 15) is 27.2 Å². The van der Waals surface area contributed by atoms with Crippen molar-refractivity contribution in [1.29, 1.82) is 5.26 Å². The van der Waals surface area contributed by atoms with E-state index in [1.807, 2.05) is 0 Å². The van der Waals surface area contributed by atoms with Gasteiger partial charge in [-0.15, -0.1) is 13.2 Å². The quantitative estimate of drug-likeness (QED) is 0.322. The van der Waals surface area contributed by atoms with Gasteiger partial charge in [-0.2, -0.15) is 10.4 Å².